The number of carbonyl (C=O) groups is 2. The number of cyclic esters (lactones) is 1. The SMILES string of the molecule is O=C(O)C[C@@H]1OC(=C2CCCCC2)OC1=O. The van der Waals surface area contributed by atoms with Gasteiger partial charge in [-0.1, -0.05) is 6.42 Å². The molecule has 88 valence electrons. The fourth-order valence-electron chi connectivity index (χ4n) is 1.98. The lowest BCUT2D eigenvalue weighted by molar-refractivity contribution is -0.145. The van der Waals surface area contributed by atoms with Gasteiger partial charge in [-0.25, -0.2) is 4.79 Å². The van der Waals surface area contributed by atoms with E-state index >= 15 is 0 Å². The summed E-state index contributed by atoms with van der Waals surface area (Å²) in [5.74, 6) is -1.39. The fraction of sp³-hybridized carbons (Fsp3) is 0.636. The molecule has 16 heavy (non-hydrogen) atoms. The van der Waals surface area contributed by atoms with Crippen LogP contribution < -0.4 is 0 Å². The number of hydrogen-bond donors (Lipinski definition) is 1. The second-order valence-electron chi connectivity index (χ2n) is 4.08. The molecule has 0 amide bonds. The smallest absolute Gasteiger partial charge is 0.355 e. The van der Waals surface area contributed by atoms with Crippen molar-refractivity contribution < 1.29 is 24.2 Å². The summed E-state index contributed by atoms with van der Waals surface area (Å²) in [5.41, 5.74) is 1.01. The first-order valence-electron chi connectivity index (χ1n) is 5.49. The molecule has 1 heterocycles. The van der Waals surface area contributed by atoms with Crippen LogP contribution in [0.3, 0.4) is 0 Å². The van der Waals surface area contributed by atoms with Gasteiger partial charge < -0.3 is 14.6 Å². The van der Waals surface area contributed by atoms with Crippen molar-refractivity contribution in [3.63, 3.8) is 0 Å². The molecule has 1 aliphatic carbocycles. The molecule has 1 saturated carbocycles. The monoisotopic (exact) mass is 226 g/mol. The summed E-state index contributed by atoms with van der Waals surface area (Å²) in [5, 5.41) is 8.58. The number of rotatable bonds is 2. The molecule has 0 aromatic carbocycles. The van der Waals surface area contributed by atoms with E-state index in [0.29, 0.717) is 0 Å². The highest BCUT2D eigenvalue weighted by molar-refractivity contribution is 5.83. The third-order valence-corrected chi connectivity index (χ3v) is 2.81. The van der Waals surface area contributed by atoms with Gasteiger partial charge in [0.2, 0.25) is 6.10 Å². The van der Waals surface area contributed by atoms with Crippen molar-refractivity contribution in [1.82, 2.24) is 0 Å². The van der Waals surface area contributed by atoms with Gasteiger partial charge in [-0.2, -0.15) is 0 Å². The largest absolute Gasteiger partial charge is 0.481 e. The van der Waals surface area contributed by atoms with E-state index in [4.69, 9.17) is 14.6 Å². The summed E-state index contributed by atoms with van der Waals surface area (Å²) < 4.78 is 10.2. The molecule has 2 fully saturated rings. The zero-order valence-corrected chi connectivity index (χ0v) is 8.90. The van der Waals surface area contributed by atoms with E-state index in [1.54, 1.807) is 0 Å². The Kier molecular flexibility index (Phi) is 3.12. The predicted molar refractivity (Wildman–Crippen MR) is 53.3 cm³/mol. The van der Waals surface area contributed by atoms with Gasteiger partial charge in [-0.3, -0.25) is 4.79 Å². The molecule has 0 unspecified atom stereocenters. The van der Waals surface area contributed by atoms with E-state index in [-0.39, 0.29) is 12.4 Å². The Morgan fingerprint density at radius 1 is 1.31 bits per heavy atom. The van der Waals surface area contributed by atoms with Gasteiger partial charge >= 0.3 is 11.9 Å². The van der Waals surface area contributed by atoms with Crippen molar-refractivity contribution in [1.29, 1.82) is 0 Å². The first-order chi connectivity index (χ1) is 7.66. The lowest BCUT2D eigenvalue weighted by Crippen LogP contribution is -2.19. The molecule has 0 spiro atoms. The molecule has 0 aromatic heterocycles. The number of ether oxygens (including phenoxy) is 2. The van der Waals surface area contributed by atoms with Crippen LogP contribution in [0.15, 0.2) is 11.5 Å². The van der Waals surface area contributed by atoms with E-state index < -0.39 is 18.0 Å². The minimum Gasteiger partial charge on any atom is -0.481 e. The molecular formula is C11H14O5. The van der Waals surface area contributed by atoms with Crippen molar-refractivity contribution >= 4 is 11.9 Å². The lowest BCUT2D eigenvalue weighted by atomic mass is 9.96. The van der Waals surface area contributed by atoms with Crippen molar-refractivity contribution in [3.8, 4) is 0 Å². The third kappa shape index (κ3) is 2.35. The number of carboxylic acid groups (broad SMARTS) is 1. The minimum absolute atomic E-state index is 0.260. The molecular weight excluding hydrogens is 212 g/mol. The number of carboxylic acids is 1. The lowest BCUT2D eigenvalue weighted by Gasteiger charge is -2.14. The van der Waals surface area contributed by atoms with Crippen LogP contribution in [0.25, 0.3) is 0 Å². The highest BCUT2D eigenvalue weighted by atomic mass is 16.7. The Bertz CT molecular complexity index is 336. The van der Waals surface area contributed by atoms with Crippen LogP contribution in [0.4, 0.5) is 0 Å². The summed E-state index contributed by atoms with van der Waals surface area (Å²) >= 11 is 0. The minimum atomic E-state index is -1.06. The van der Waals surface area contributed by atoms with Crippen molar-refractivity contribution in [2.24, 2.45) is 0 Å². The Morgan fingerprint density at radius 3 is 2.62 bits per heavy atom. The average Bonchev–Trinajstić information content (AvgIpc) is 2.61. The van der Waals surface area contributed by atoms with Gasteiger partial charge in [0.25, 0.3) is 5.95 Å². The summed E-state index contributed by atoms with van der Waals surface area (Å²) in [6.07, 6.45) is 3.78. The number of allylic oxidation sites excluding steroid dienone is 1. The standard InChI is InChI=1S/C11H14O5/c12-9(13)6-8-10(14)16-11(15-8)7-4-2-1-3-5-7/h8H,1-6H2,(H,12,13)/t8-/m0/s1. The van der Waals surface area contributed by atoms with Crippen LogP contribution >= 0.6 is 0 Å². The van der Waals surface area contributed by atoms with Crippen LogP contribution in [0, 0.1) is 0 Å². The van der Waals surface area contributed by atoms with Crippen molar-refractivity contribution in [2.45, 2.75) is 44.6 Å². The molecule has 1 N–H and O–H groups in total. The number of hydrogen-bond acceptors (Lipinski definition) is 4. The van der Waals surface area contributed by atoms with Gasteiger partial charge in [0.1, 0.15) is 0 Å². The van der Waals surface area contributed by atoms with E-state index in [1.165, 1.54) is 6.42 Å². The summed E-state index contributed by atoms with van der Waals surface area (Å²) in [4.78, 5) is 21.8. The second kappa shape index (κ2) is 4.55. The van der Waals surface area contributed by atoms with Crippen LogP contribution in [0.2, 0.25) is 0 Å². The maximum atomic E-state index is 11.3. The molecule has 2 rings (SSSR count). The molecule has 0 bridgehead atoms. The Hall–Kier alpha value is -1.52. The van der Waals surface area contributed by atoms with Gasteiger partial charge in [0.15, 0.2) is 0 Å². The molecule has 0 radical (unpaired) electrons. The maximum absolute atomic E-state index is 11.3. The van der Waals surface area contributed by atoms with Gasteiger partial charge in [-0.05, 0) is 25.7 Å². The second-order valence-corrected chi connectivity index (χ2v) is 4.08. The molecule has 2 aliphatic rings. The zero-order valence-electron chi connectivity index (χ0n) is 8.90. The van der Waals surface area contributed by atoms with Crippen LogP contribution in [-0.4, -0.2) is 23.1 Å². The fourth-order valence-corrected chi connectivity index (χ4v) is 1.98. The molecule has 1 atom stereocenters. The number of carbonyl (C=O) groups excluding carboxylic acids is 1. The van der Waals surface area contributed by atoms with Crippen LogP contribution in [0.1, 0.15) is 38.5 Å². The summed E-state index contributed by atoms with van der Waals surface area (Å²) in [6, 6.07) is 0. The topological polar surface area (TPSA) is 72.8 Å². The molecule has 1 aliphatic heterocycles. The quantitative estimate of drug-likeness (QED) is 0.723. The molecule has 0 aromatic rings. The number of aliphatic carboxylic acids is 1. The van der Waals surface area contributed by atoms with Gasteiger partial charge in [0.05, 0.1) is 6.42 Å². The van der Waals surface area contributed by atoms with E-state index in [2.05, 4.69) is 0 Å². The van der Waals surface area contributed by atoms with Crippen LogP contribution in [-0.2, 0) is 19.1 Å². The predicted octanol–water partition coefficient (Wildman–Crippen LogP) is 1.58. The Morgan fingerprint density at radius 2 is 2.00 bits per heavy atom. The van der Waals surface area contributed by atoms with Crippen LogP contribution in [0.5, 0.6) is 0 Å². The highest BCUT2D eigenvalue weighted by Gasteiger charge is 2.36. The first kappa shape index (κ1) is 11.0. The normalized spacial score (nSPS) is 25.2. The number of esters is 1. The summed E-state index contributed by atoms with van der Waals surface area (Å²) in [6.45, 7) is 0. The van der Waals surface area contributed by atoms with Crippen molar-refractivity contribution in [2.75, 3.05) is 0 Å². The molecule has 5 nitrogen and oxygen atoms in total. The highest BCUT2D eigenvalue weighted by Crippen LogP contribution is 2.31. The molecule has 5 heteroatoms. The Labute approximate surface area is 93.0 Å². The van der Waals surface area contributed by atoms with E-state index in [0.717, 1.165) is 31.3 Å². The first-order valence-corrected chi connectivity index (χ1v) is 5.49. The maximum Gasteiger partial charge on any atom is 0.355 e. The average molecular weight is 226 g/mol. The van der Waals surface area contributed by atoms with E-state index in [1.807, 2.05) is 0 Å². The third-order valence-electron chi connectivity index (χ3n) is 2.81. The van der Waals surface area contributed by atoms with E-state index in [9.17, 15) is 9.59 Å². The molecule has 1 saturated heterocycles. The Balaban J connectivity index is 2.04. The van der Waals surface area contributed by atoms with Gasteiger partial charge in [-0.15, -0.1) is 0 Å². The van der Waals surface area contributed by atoms with Crippen molar-refractivity contribution in [3.05, 3.63) is 11.5 Å². The summed E-state index contributed by atoms with van der Waals surface area (Å²) in [7, 11) is 0. The van der Waals surface area contributed by atoms with Gasteiger partial charge in [0, 0.05) is 5.57 Å². The zero-order chi connectivity index (χ0) is 11.5.